The van der Waals surface area contributed by atoms with Crippen LogP contribution >= 0.6 is 11.3 Å². The van der Waals surface area contributed by atoms with Gasteiger partial charge in [0.15, 0.2) is 5.76 Å². The highest BCUT2D eigenvalue weighted by Gasteiger charge is 2.32. The quantitative estimate of drug-likeness (QED) is 0.441. The molecule has 2 atom stereocenters. The monoisotopic (exact) mass is 565 g/mol. The van der Waals surface area contributed by atoms with E-state index in [-0.39, 0.29) is 48.8 Å². The van der Waals surface area contributed by atoms with Gasteiger partial charge < -0.3 is 29.1 Å². The zero-order valence-electron chi connectivity index (χ0n) is 21.7. The molecule has 0 radical (unpaired) electrons. The van der Waals surface area contributed by atoms with Crippen molar-refractivity contribution in [2.24, 2.45) is 0 Å². The van der Waals surface area contributed by atoms with Gasteiger partial charge in [0.05, 0.1) is 25.2 Å². The Hall–Kier alpha value is -2.48. The number of aliphatic hydroxyl groups excluding tert-OH is 1. The zero-order valence-corrected chi connectivity index (χ0v) is 23.3. The number of aliphatic hydroxyl groups is 1. The number of rotatable bonds is 11. The number of sulfonamides is 1. The summed E-state index contributed by atoms with van der Waals surface area (Å²) in [6.07, 6.45) is 1.66. The van der Waals surface area contributed by atoms with Crippen molar-refractivity contribution in [1.29, 1.82) is 0 Å². The first-order valence-electron chi connectivity index (χ1n) is 12.6. The molecule has 1 N–H and O–H groups in total. The highest BCUT2D eigenvalue weighted by atomic mass is 32.2. The predicted octanol–water partition coefficient (Wildman–Crippen LogP) is 1.94. The molecule has 0 bridgehead atoms. The number of hydrogen-bond acceptors (Lipinski definition) is 9. The molecule has 4 rings (SSSR count). The molecular formula is C26H35N3O7S2. The highest BCUT2D eigenvalue weighted by Crippen LogP contribution is 2.33. The van der Waals surface area contributed by atoms with Crippen molar-refractivity contribution in [3.05, 3.63) is 58.5 Å². The molecule has 2 aliphatic heterocycles. The summed E-state index contributed by atoms with van der Waals surface area (Å²) in [6.45, 7) is 2.51. The van der Waals surface area contributed by atoms with Gasteiger partial charge in [-0.1, -0.05) is 0 Å². The summed E-state index contributed by atoms with van der Waals surface area (Å²) in [5, 5.41) is 13.6. The topological polar surface area (TPSA) is 109 Å². The average Bonchev–Trinajstić information content (AvgIpc) is 3.48. The molecule has 1 aromatic heterocycles. The lowest BCUT2D eigenvalue weighted by atomic mass is 9.95. The fourth-order valence-corrected chi connectivity index (χ4v) is 6.58. The van der Waals surface area contributed by atoms with Crippen LogP contribution < -0.4 is 4.74 Å². The number of piperazine rings is 1. The maximum Gasteiger partial charge on any atom is 0.288 e. The van der Waals surface area contributed by atoms with E-state index in [0.29, 0.717) is 25.3 Å². The highest BCUT2D eigenvalue weighted by molar-refractivity contribution is 7.89. The lowest BCUT2D eigenvalue weighted by Gasteiger charge is -2.35. The Bertz CT molecular complexity index is 1180. The number of thiophene rings is 1. The Balaban J connectivity index is 1.42. The first kappa shape index (κ1) is 28.5. The molecule has 0 saturated carbocycles. The number of likely N-dealkylation sites (N-methyl/N-ethyl adjacent to an activating group) is 1. The minimum atomic E-state index is -3.86. The number of nitrogens with zero attached hydrogens (tertiary/aromatic N) is 3. The van der Waals surface area contributed by atoms with Crippen LogP contribution in [0.4, 0.5) is 0 Å². The minimum absolute atomic E-state index is 0.0172. The minimum Gasteiger partial charge on any atom is -0.497 e. The molecular weight excluding hydrogens is 530 g/mol. The van der Waals surface area contributed by atoms with E-state index in [2.05, 4.69) is 4.90 Å². The molecule has 1 saturated heterocycles. The maximum absolute atomic E-state index is 13.3. The van der Waals surface area contributed by atoms with Crippen LogP contribution in [0.2, 0.25) is 0 Å². The number of carbonyl (C=O) groups excluding carboxylic acids is 1. The van der Waals surface area contributed by atoms with E-state index in [1.807, 2.05) is 30.0 Å². The van der Waals surface area contributed by atoms with Crippen molar-refractivity contribution in [2.75, 3.05) is 66.6 Å². The number of hydrogen-bond donors (Lipinski definition) is 1. The van der Waals surface area contributed by atoms with E-state index in [1.54, 1.807) is 28.4 Å². The first-order valence-corrected chi connectivity index (χ1v) is 14.9. The SMILES string of the molecule is COc1ccc(S(=O)(=O)N(CCO)CCO[C@@H]2C[C@H](c3ccsc3)C=C(C(=O)N3CCN(C)CC3)O2)cc1. The molecule has 38 heavy (non-hydrogen) atoms. The van der Waals surface area contributed by atoms with Crippen molar-refractivity contribution in [1.82, 2.24) is 14.1 Å². The Kier molecular flexibility index (Phi) is 9.80. The summed E-state index contributed by atoms with van der Waals surface area (Å²) in [5.74, 6) is 0.601. The van der Waals surface area contributed by atoms with Crippen LogP contribution in [0.3, 0.4) is 0 Å². The van der Waals surface area contributed by atoms with Crippen LogP contribution in [-0.2, 0) is 24.3 Å². The van der Waals surface area contributed by atoms with E-state index in [0.717, 1.165) is 18.7 Å². The molecule has 12 heteroatoms. The Labute approximate surface area is 228 Å². The molecule has 2 aromatic rings. The van der Waals surface area contributed by atoms with Crippen LogP contribution in [-0.4, -0.2) is 106 Å². The number of amides is 1. The number of carbonyl (C=O) groups is 1. The lowest BCUT2D eigenvalue weighted by Crippen LogP contribution is -2.48. The summed E-state index contributed by atoms with van der Waals surface area (Å²) >= 11 is 1.59. The van der Waals surface area contributed by atoms with Crippen molar-refractivity contribution in [3.63, 3.8) is 0 Å². The smallest absolute Gasteiger partial charge is 0.288 e. The average molecular weight is 566 g/mol. The largest absolute Gasteiger partial charge is 0.497 e. The first-order chi connectivity index (χ1) is 18.3. The van der Waals surface area contributed by atoms with Crippen molar-refractivity contribution in [3.8, 4) is 5.75 Å². The predicted molar refractivity (Wildman–Crippen MR) is 144 cm³/mol. The molecule has 208 valence electrons. The fraction of sp³-hybridized carbons (Fsp3) is 0.500. The molecule has 1 fully saturated rings. The second-order valence-electron chi connectivity index (χ2n) is 9.25. The van der Waals surface area contributed by atoms with Gasteiger partial charge in [0, 0.05) is 51.6 Å². The molecule has 0 spiro atoms. The van der Waals surface area contributed by atoms with Gasteiger partial charge in [0.2, 0.25) is 16.3 Å². The van der Waals surface area contributed by atoms with Crippen LogP contribution in [0.15, 0.2) is 57.8 Å². The van der Waals surface area contributed by atoms with E-state index in [1.165, 1.54) is 23.5 Å². The van der Waals surface area contributed by atoms with Crippen LogP contribution in [0.5, 0.6) is 5.75 Å². The third-order valence-electron chi connectivity index (χ3n) is 6.72. The van der Waals surface area contributed by atoms with Gasteiger partial charge in [-0.25, -0.2) is 8.42 Å². The molecule has 10 nitrogen and oxygen atoms in total. The maximum atomic E-state index is 13.3. The van der Waals surface area contributed by atoms with E-state index in [9.17, 15) is 18.3 Å². The summed E-state index contributed by atoms with van der Waals surface area (Å²) in [7, 11) is -0.319. The standard InChI is InChI=1S/C26H35N3O7S2/c1-27-8-10-28(11-9-27)26(31)24-17-21(20-7-16-37-19-20)18-25(36-24)35-15-13-29(12-14-30)38(32,33)23-5-3-22(34-2)4-6-23/h3-7,16-17,19,21,25,30H,8-15,18H2,1-2H3/t21-,25+/m1/s1. The van der Waals surface area contributed by atoms with Crippen molar-refractivity contribution < 1.29 is 32.5 Å². The number of benzene rings is 1. The molecule has 3 heterocycles. The van der Waals surface area contributed by atoms with Crippen LogP contribution in [0.25, 0.3) is 0 Å². The molecule has 0 unspecified atom stereocenters. The zero-order chi connectivity index (χ0) is 27.1. The van der Waals surface area contributed by atoms with Gasteiger partial charge in [-0.2, -0.15) is 15.6 Å². The molecule has 1 aromatic carbocycles. The van der Waals surface area contributed by atoms with Crippen LogP contribution in [0, 0.1) is 0 Å². The van der Waals surface area contributed by atoms with Gasteiger partial charge in [0.25, 0.3) is 5.91 Å². The van der Waals surface area contributed by atoms with Gasteiger partial charge in [-0.15, -0.1) is 0 Å². The number of methoxy groups -OCH3 is 1. The number of allylic oxidation sites excluding steroid dienone is 1. The summed E-state index contributed by atoms with van der Waals surface area (Å²) in [4.78, 5) is 17.3. The van der Waals surface area contributed by atoms with E-state index >= 15 is 0 Å². The Morgan fingerprint density at radius 2 is 1.89 bits per heavy atom. The lowest BCUT2D eigenvalue weighted by molar-refractivity contribution is -0.153. The fourth-order valence-electron chi connectivity index (χ4n) is 4.44. The van der Waals surface area contributed by atoms with Gasteiger partial charge in [-0.3, -0.25) is 4.79 Å². The molecule has 1 amide bonds. The Morgan fingerprint density at radius 1 is 1.16 bits per heavy atom. The third kappa shape index (κ3) is 6.93. The summed E-state index contributed by atoms with van der Waals surface area (Å²) in [6, 6.07) is 8.11. The van der Waals surface area contributed by atoms with E-state index < -0.39 is 16.3 Å². The Morgan fingerprint density at radius 3 is 2.53 bits per heavy atom. The summed E-state index contributed by atoms with van der Waals surface area (Å²) < 4.78 is 44.6. The van der Waals surface area contributed by atoms with Gasteiger partial charge in [-0.05, 0) is 59.8 Å². The van der Waals surface area contributed by atoms with Gasteiger partial charge in [0.1, 0.15) is 5.75 Å². The second kappa shape index (κ2) is 13.0. The van der Waals surface area contributed by atoms with Crippen molar-refractivity contribution >= 4 is 27.3 Å². The molecule has 2 aliphatic rings. The summed E-state index contributed by atoms with van der Waals surface area (Å²) in [5.41, 5.74) is 1.08. The number of ether oxygens (including phenoxy) is 3. The van der Waals surface area contributed by atoms with Crippen LogP contribution in [0.1, 0.15) is 17.9 Å². The van der Waals surface area contributed by atoms with E-state index in [4.69, 9.17) is 14.2 Å². The molecule has 0 aliphatic carbocycles. The van der Waals surface area contributed by atoms with Crippen molar-refractivity contribution in [2.45, 2.75) is 23.5 Å². The third-order valence-corrected chi connectivity index (χ3v) is 9.34. The normalized spacial score (nSPS) is 20.7. The second-order valence-corrected chi connectivity index (χ2v) is 12.0. The van der Waals surface area contributed by atoms with Gasteiger partial charge >= 0.3 is 0 Å².